The summed E-state index contributed by atoms with van der Waals surface area (Å²) in [5.41, 5.74) is 10.1. The molecule has 0 spiro atoms. The van der Waals surface area contributed by atoms with Crippen LogP contribution in [0, 0.1) is 5.92 Å². The number of rotatable bonds is 2. The molecule has 2 N–H and O–H groups in total. The van der Waals surface area contributed by atoms with E-state index in [9.17, 15) is 0 Å². The number of piperidine rings is 1. The number of hydrogen-bond acceptors (Lipinski definition) is 5. The van der Waals surface area contributed by atoms with Crippen LogP contribution in [0.1, 0.15) is 89.0 Å². The molecular weight excluding hydrogens is 406 g/mol. The Morgan fingerprint density at radius 1 is 0.939 bits per heavy atom. The van der Waals surface area contributed by atoms with Crippen LogP contribution in [0.3, 0.4) is 0 Å². The first-order chi connectivity index (χ1) is 16.0. The molecule has 1 aliphatic carbocycles. The van der Waals surface area contributed by atoms with E-state index in [4.69, 9.17) is 15.7 Å². The van der Waals surface area contributed by atoms with Gasteiger partial charge in [-0.15, -0.1) is 0 Å². The van der Waals surface area contributed by atoms with Gasteiger partial charge in [-0.25, -0.2) is 4.98 Å². The molecule has 3 heterocycles. The lowest BCUT2D eigenvalue weighted by atomic mass is 9.82. The van der Waals surface area contributed by atoms with Crippen LogP contribution in [0.25, 0.3) is 0 Å². The number of benzene rings is 1. The number of anilines is 2. The summed E-state index contributed by atoms with van der Waals surface area (Å²) in [6.45, 7) is 11.9. The van der Waals surface area contributed by atoms with E-state index in [1.807, 2.05) is 0 Å². The molecule has 5 heteroatoms. The van der Waals surface area contributed by atoms with Crippen molar-refractivity contribution in [3.63, 3.8) is 0 Å². The van der Waals surface area contributed by atoms with E-state index >= 15 is 0 Å². The number of likely N-dealkylation sites (tertiary alicyclic amines) is 1. The molecule has 2 saturated heterocycles. The summed E-state index contributed by atoms with van der Waals surface area (Å²) in [6.07, 6.45) is 8.42. The van der Waals surface area contributed by atoms with Gasteiger partial charge in [-0.1, -0.05) is 70.9 Å². The number of hydrogen-bond donors (Lipinski definition) is 1. The number of fused-ring (bicyclic) bond motifs is 2. The highest BCUT2D eigenvalue weighted by Gasteiger charge is 2.38. The third kappa shape index (κ3) is 6.06. The second kappa shape index (κ2) is 12.4. The molecule has 3 atom stereocenters. The topological polar surface area (TPSA) is 58.3 Å². The van der Waals surface area contributed by atoms with E-state index in [2.05, 4.69) is 74.9 Å². The maximum Gasteiger partial charge on any atom is 0.222 e. The molecular formula is C28H45N5. The maximum absolute atomic E-state index is 6.20. The highest BCUT2D eigenvalue weighted by atomic mass is 15.3. The Labute approximate surface area is 201 Å². The van der Waals surface area contributed by atoms with Gasteiger partial charge in [0.15, 0.2) is 0 Å². The summed E-state index contributed by atoms with van der Waals surface area (Å²) in [5, 5.41) is 0. The van der Waals surface area contributed by atoms with Crippen LogP contribution < -0.4 is 10.6 Å². The van der Waals surface area contributed by atoms with Gasteiger partial charge in [0.05, 0.1) is 5.69 Å². The summed E-state index contributed by atoms with van der Waals surface area (Å²) in [7, 11) is 2.27. The van der Waals surface area contributed by atoms with Crippen molar-refractivity contribution >= 4 is 11.8 Å². The lowest BCUT2D eigenvalue weighted by Crippen LogP contribution is -2.45. The van der Waals surface area contributed by atoms with E-state index in [1.54, 1.807) is 0 Å². The smallest absolute Gasteiger partial charge is 0.222 e. The van der Waals surface area contributed by atoms with Gasteiger partial charge in [0, 0.05) is 30.6 Å². The van der Waals surface area contributed by atoms with Crippen LogP contribution in [0.4, 0.5) is 11.8 Å². The molecule has 2 aromatic rings. The fourth-order valence-electron chi connectivity index (χ4n) is 5.54. The molecule has 182 valence electrons. The monoisotopic (exact) mass is 451 g/mol. The van der Waals surface area contributed by atoms with Crippen molar-refractivity contribution in [1.82, 2.24) is 14.9 Å². The first-order valence-electron chi connectivity index (χ1n) is 13.2. The van der Waals surface area contributed by atoms with Crippen LogP contribution in [0.15, 0.2) is 30.3 Å². The highest BCUT2D eigenvalue weighted by Crippen LogP contribution is 2.41. The molecule has 0 saturated carbocycles. The van der Waals surface area contributed by atoms with E-state index < -0.39 is 0 Å². The molecule has 3 aliphatic rings. The summed E-state index contributed by atoms with van der Waals surface area (Å²) >= 11 is 0. The lowest BCUT2D eigenvalue weighted by Gasteiger charge is -2.39. The minimum atomic E-state index is 0.342. The molecule has 2 fully saturated rings. The summed E-state index contributed by atoms with van der Waals surface area (Å²) in [6, 6.07) is 11.5. The van der Waals surface area contributed by atoms with Crippen molar-refractivity contribution < 1.29 is 0 Å². The lowest BCUT2D eigenvalue weighted by molar-refractivity contribution is 0.238. The van der Waals surface area contributed by atoms with Crippen LogP contribution >= 0.6 is 0 Å². The summed E-state index contributed by atoms with van der Waals surface area (Å²) in [4.78, 5) is 14.5. The number of nitrogen functional groups attached to an aromatic ring is 1. The van der Waals surface area contributed by atoms with Gasteiger partial charge in [-0.2, -0.15) is 4.98 Å². The molecule has 0 radical (unpaired) electrons. The number of aromatic nitrogens is 2. The fraction of sp³-hybridized carbons (Fsp3) is 0.643. The van der Waals surface area contributed by atoms with Gasteiger partial charge < -0.3 is 15.5 Å². The van der Waals surface area contributed by atoms with E-state index in [1.165, 1.54) is 55.5 Å². The van der Waals surface area contributed by atoms with Gasteiger partial charge in [-0.05, 0) is 57.2 Å². The van der Waals surface area contributed by atoms with Gasteiger partial charge in [0.1, 0.15) is 5.82 Å². The summed E-state index contributed by atoms with van der Waals surface area (Å²) < 4.78 is 0. The highest BCUT2D eigenvalue weighted by molar-refractivity contribution is 5.55. The van der Waals surface area contributed by atoms with E-state index in [-0.39, 0.29) is 0 Å². The van der Waals surface area contributed by atoms with Crippen molar-refractivity contribution in [3.8, 4) is 0 Å². The molecule has 0 amide bonds. The Morgan fingerprint density at radius 2 is 1.64 bits per heavy atom. The normalized spacial score (nSPS) is 24.0. The fourth-order valence-corrected chi connectivity index (χ4v) is 5.54. The molecule has 5 rings (SSSR count). The minimum Gasteiger partial charge on any atom is -0.368 e. The van der Waals surface area contributed by atoms with Crippen molar-refractivity contribution in [1.29, 1.82) is 0 Å². The zero-order chi connectivity index (χ0) is 23.8. The third-order valence-electron chi connectivity index (χ3n) is 6.90. The molecule has 0 bridgehead atoms. The predicted octanol–water partition coefficient (Wildman–Crippen LogP) is 5.89. The molecule has 2 aliphatic heterocycles. The van der Waals surface area contributed by atoms with Crippen molar-refractivity contribution in [2.45, 2.75) is 84.6 Å². The second-order valence-electron chi connectivity index (χ2n) is 9.87. The second-order valence-corrected chi connectivity index (χ2v) is 9.87. The Bertz CT molecular complexity index is 851. The van der Waals surface area contributed by atoms with Crippen molar-refractivity contribution in [3.05, 3.63) is 47.2 Å². The quantitative estimate of drug-likeness (QED) is 0.617. The standard InChI is InChI=1S/C22H29N5.2C3H8/c1-26-12-10-16-14-27(13-11-19(16)26)21-18-9-5-8-17(15-6-3-2-4-7-15)20(18)24-22(23)25-21;2*1-3-2/h2-4,6-7,16-17,19H,5,8-14H2,1H3,(H2,23,24,25);2*3H2,1-2H3. The van der Waals surface area contributed by atoms with Crippen LogP contribution in [0.5, 0.6) is 0 Å². The molecule has 3 unspecified atom stereocenters. The average molecular weight is 452 g/mol. The van der Waals surface area contributed by atoms with Gasteiger partial charge in [-0.3, -0.25) is 0 Å². The minimum absolute atomic E-state index is 0.342. The van der Waals surface area contributed by atoms with Crippen molar-refractivity contribution in [2.75, 3.05) is 37.3 Å². The van der Waals surface area contributed by atoms with Crippen LogP contribution in [-0.2, 0) is 6.42 Å². The molecule has 5 nitrogen and oxygen atoms in total. The molecule has 33 heavy (non-hydrogen) atoms. The van der Waals surface area contributed by atoms with Gasteiger partial charge in [0.2, 0.25) is 5.95 Å². The largest absolute Gasteiger partial charge is 0.368 e. The summed E-state index contributed by atoms with van der Waals surface area (Å²) in [5.74, 6) is 2.64. The molecule has 1 aromatic carbocycles. The van der Waals surface area contributed by atoms with E-state index in [0.717, 1.165) is 43.7 Å². The van der Waals surface area contributed by atoms with Crippen molar-refractivity contribution in [2.24, 2.45) is 5.92 Å². The Balaban J connectivity index is 0.000000464. The Morgan fingerprint density at radius 3 is 2.33 bits per heavy atom. The van der Waals surface area contributed by atoms with Gasteiger partial charge in [0.25, 0.3) is 0 Å². The first-order valence-corrected chi connectivity index (χ1v) is 13.2. The zero-order valence-corrected chi connectivity index (χ0v) is 21.6. The predicted molar refractivity (Wildman–Crippen MR) is 141 cm³/mol. The Kier molecular flexibility index (Phi) is 9.54. The zero-order valence-electron chi connectivity index (χ0n) is 21.6. The van der Waals surface area contributed by atoms with Gasteiger partial charge >= 0.3 is 0 Å². The van der Waals surface area contributed by atoms with Crippen LogP contribution in [0.2, 0.25) is 0 Å². The maximum atomic E-state index is 6.20. The van der Waals surface area contributed by atoms with Crippen LogP contribution in [-0.4, -0.2) is 47.6 Å². The Hall–Kier alpha value is -2.14. The molecule has 1 aromatic heterocycles. The number of nitrogens with zero attached hydrogens (tertiary/aromatic N) is 4. The average Bonchev–Trinajstić information content (AvgIpc) is 3.20. The van der Waals surface area contributed by atoms with E-state index in [0.29, 0.717) is 11.9 Å². The number of nitrogens with two attached hydrogens (primary N) is 1. The SMILES string of the molecule is CCC.CCC.CN1CCC2CN(c3nc(N)nc4c3CCCC4c3ccccc3)CCC21. The third-order valence-corrected chi connectivity index (χ3v) is 6.90. The first kappa shape index (κ1) is 25.5.